The summed E-state index contributed by atoms with van der Waals surface area (Å²) in [6.07, 6.45) is 1.84. The fraction of sp³-hybridized carbons (Fsp3) is 0.462. The van der Waals surface area contributed by atoms with Gasteiger partial charge in [0.1, 0.15) is 5.69 Å². The molecular formula is C13H15F2N3. The Balaban J connectivity index is 2.21. The normalized spacial score (nSPS) is 23.4. The molecule has 1 aromatic carbocycles. The Bertz CT molecular complexity index is 459. The highest BCUT2D eigenvalue weighted by Crippen LogP contribution is 2.23. The van der Waals surface area contributed by atoms with E-state index in [1.165, 1.54) is 0 Å². The first-order valence-electron chi connectivity index (χ1n) is 6.01. The summed E-state index contributed by atoms with van der Waals surface area (Å²) in [7, 11) is 0. The lowest BCUT2D eigenvalue weighted by molar-refractivity contribution is 0.387. The summed E-state index contributed by atoms with van der Waals surface area (Å²) in [6.45, 7) is 2.91. The third kappa shape index (κ3) is 2.59. The molecule has 0 spiro atoms. The molecule has 1 aliphatic heterocycles. The summed E-state index contributed by atoms with van der Waals surface area (Å²) in [5.74, 6) is -1.44. The highest BCUT2D eigenvalue weighted by molar-refractivity contribution is 5.51. The van der Waals surface area contributed by atoms with Gasteiger partial charge in [-0.15, -0.1) is 0 Å². The number of rotatable bonds is 2. The largest absolute Gasteiger partial charge is 0.376 e. The van der Waals surface area contributed by atoms with Gasteiger partial charge in [-0.3, -0.25) is 0 Å². The number of nitrogens with zero attached hydrogens (tertiary/aromatic N) is 1. The first kappa shape index (κ1) is 12.8. The molecule has 2 rings (SSSR count). The molecule has 0 radical (unpaired) electrons. The lowest BCUT2D eigenvalue weighted by Gasteiger charge is -2.31. The number of anilines is 1. The van der Waals surface area contributed by atoms with Gasteiger partial charge in [-0.25, -0.2) is 8.78 Å². The van der Waals surface area contributed by atoms with E-state index in [9.17, 15) is 8.78 Å². The van der Waals surface area contributed by atoms with Crippen LogP contribution in [0.2, 0.25) is 0 Å². The van der Waals surface area contributed by atoms with Crippen molar-refractivity contribution in [2.24, 2.45) is 0 Å². The molecule has 2 N–H and O–H groups in total. The predicted octanol–water partition coefficient (Wildman–Crippen LogP) is 2.39. The van der Waals surface area contributed by atoms with E-state index in [0.717, 1.165) is 31.5 Å². The molecule has 3 nitrogen and oxygen atoms in total. The summed E-state index contributed by atoms with van der Waals surface area (Å²) in [6, 6.07) is 3.98. The number of halogens is 2. The van der Waals surface area contributed by atoms with E-state index in [0.29, 0.717) is 0 Å². The van der Waals surface area contributed by atoms with Gasteiger partial charge < -0.3 is 10.6 Å². The average molecular weight is 251 g/mol. The van der Waals surface area contributed by atoms with Gasteiger partial charge in [-0.1, -0.05) is 0 Å². The summed E-state index contributed by atoms with van der Waals surface area (Å²) in [4.78, 5) is 0. The topological polar surface area (TPSA) is 47.8 Å². The van der Waals surface area contributed by atoms with Crippen LogP contribution in [0.1, 0.15) is 25.3 Å². The lowest BCUT2D eigenvalue weighted by atomic mass is 9.99. The van der Waals surface area contributed by atoms with Crippen molar-refractivity contribution in [2.75, 3.05) is 11.9 Å². The third-order valence-corrected chi connectivity index (χ3v) is 3.26. The summed E-state index contributed by atoms with van der Waals surface area (Å²) in [5.41, 5.74) is -0.153. The number of nitrogens with one attached hydrogen (secondary N) is 2. The van der Waals surface area contributed by atoms with Crippen LogP contribution in [0.3, 0.4) is 0 Å². The number of benzene rings is 1. The molecule has 2 unspecified atom stereocenters. The van der Waals surface area contributed by atoms with Gasteiger partial charge in [0.15, 0.2) is 11.6 Å². The number of nitriles is 1. The molecule has 0 saturated carbocycles. The summed E-state index contributed by atoms with van der Waals surface area (Å²) < 4.78 is 27.4. The Labute approximate surface area is 105 Å². The average Bonchev–Trinajstić information content (AvgIpc) is 2.35. The molecule has 0 aliphatic carbocycles. The zero-order valence-corrected chi connectivity index (χ0v) is 10.1. The predicted molar refractivity (Wildman–Crippen MR) is 65.2 cm³/mol. The second-order valence-electron chi connectivity index (χ2n) is 4.56. The summed E-state index contributed by atoms with van der Waals surface area (Å²) >= 11 is 0. The van der Waals surface area contributed by atoms with Crippen LogP contribution in [0.5, 0.6) is 0 Å². The van der Waals surface area contributed by atoms with E-state index in [2.05, 4.69) is 10.6 Å². The van der Waals surface area contributed by atoms with Crippen LogP contribution in [-0.2, 0) is 0 Å². The van der Waals surface area contributed by atoms with Crippen molar-refractivity contribution in [2.45, 2.75) is 31.8 Å². The van der Waals surface area contributed by atoms with Gasteiger partial charge in [-0.2, -0.15) is 5.26 Å². The smallest absolute Gasteiger partial charge is 0.150 e. The van der Waals surface area contributed by atoms with Crippen molar-refractivity contribution in [1.29, 1.82) is 5.26 Å². The number of hydrogen-bond donors (Lipinski definition) is 2. The maximum Gasteiger partial charge on any atom is 0.150 e. The maximum atomic E-state index is 13.7. The lowest BCUT2D eigenvalue weighted by Crippen LogP contribution is -2.46. The molecule has 2 atom stereocenters. The molecule has 96 valence electrons. The Kier molecular flexibility index (Phi) is 3.78. The van der Waals surface area contributed by atoms with Crippen LogP contribution in [0.4, 0.5) is 14.5 Å². The minimum atomic E-state index is -0.718. The van der Waals surface area contributed by atoms with Crippen molar-refractivity contribution >= 4 is 5.69 Å². The van der Waals surface area contributed by atoms with E-state index in [1.54, 1.807) is 6.07 Å². The van der Waals surface area contributed by atoms with Crippen molar-refractivity contribution < 1.29 is 8.78 Å². The Morgan fingerprint density at radius 1 is 1.39 bits per heavy atom. The Morgan fingerprint density at radius 3 is 2.61 bits per heavy atom. The first-order chi connectivity index (χ1) is 8.61. The van der Waals surface area contributed by atoms with Crippen LogP contribution >= 0.6 is 0 Å². The number of hydrogen-bond acceptors (Lipinski definition) is 3. The third-order valence-electron chi connectivity index (χ3n) is 3.26. The highest BCUT2D eigenvalue weighted by atomic mass is 19.1. The quantitative estimate of drug-likeness (QED) is 0.848. The van der Waals surface area contributed by atoms with Crippen LogP contribution in [0.25, 0.3) is 0 Å². The number of piperidine rings is 1. The van der Waals surface area contributed by atoms with Crippen LogP contribution < -0.4 is 10.6 Å². The molecule has 1 fully saturated rings. The maximum absolute atomic E-state index is 13.7. The van der Waals surface area contributed by atoms with Crippen LogP contribution in [0, 0.1) is 23.0 Å². The molecule has 5 heteroatoms. The van der Waals surface area contributed by atoms with Gasteiger partial charge in [0.25, 0.3) is 0 Å². The van der Waals surface area contributed by atoms with Crippen molar-refractivity contribution in [3.63, 3.8) is 0 Å². The molecule has 1 aliphatic rings. The van der Waals surface area contributed by atoms with Gasteiger partial charge in [0, 0.05) is 12.1 Å². The van der Waals surface area contributed by atoms with E-state index in [-0.39, 0.29) is 23.3 Å². The molecular weight excluding hydrogens is 236 g/mol. The second kappa shape index (κ2) is 5.32. The minimum Gasteiger partial charge on any atom is -0.376 e. The van der Waals surface area contributed by atoms with Crippen LogP contribution in [-0.4, -0.2) is 18.6 Å². The van der Waals surface area contributed by atoms with Gasteiger partial charge in [-0.05, 0) is 38.4 Å². The van der Waals surface area contributed by atoms with Crippen molar-refractivity contribution in [3.05, 3.63) is 29.3 Å². The summed E-state index contributed by atoms with van der Waals surface area (Å²) in [5, 5.41) is 14.8. The highest BCUT2D eigenvalue weighted by Gasteiger charge is 2.23. The standard InChI is InChI=1S/C13H15F2N3/c1-8-12(3-2-4-17-8)18-13-10(14)5-9(7-16)6-11(13)15/h5-6,8,12,17-18H,2-4H2,1H3. The fourth-order valence-electron chi connectivity index (χ4n) is 2.20. The molecule has 0 aromatic heterocycles. The SMILES string of the molecule is CC1NCCCC1Nc1c(F)cc(C#N)cc1F. The van der Waals surface area contributed by atoms with Gasteiger partial charge in [0.2, 0.25) is 0 Å². The van der Waals surface area contributed by atoms with E-state index >= 15 is 0 Å². The van der Waals surface area contributed by atoms with Crippen molar-refractivity contribution in [3.8, 4) is 6.07 Å². The van der Waals surface area contributed by atoms with Gasteiger partial charge >= 0.3 is 0 Å². The van der Waals surface area contributed by atoms with Crippen molar-refractivity contribution in [1.82, 2.24) is 5.32 Å². The second-order valence-corrected chi connectivity index (χ2v) is 4.56. The zero-order valence-electron chi connectivity index (χ0n) is 10.1. The molecule has 1 heterocycles. The van der Waals surface area contributed by atoms with E-state index in [1.807, 2.05) is 6.92 Å². The molecule has 0 amide bonds. The van der Waals surface area contributed by atoms with Gasteiger partial charge in [0.05, 0.1) is 11.6 Å². The molecule has 1 saturated heterocycles. The van der Waals surface area contributed by atoms with E-state index < -0.39 is 11.6 Å². The minimum absolute atomic E-state index is 0.00399. The Morgan fingerprint density at radius 2 is 2.06 bits per heavy atom. The monoisotopic (exact) mass is 251 g/mol. The zero-order chi connectivity index (χ0) is 13.1. The molecule has 0 bridgehead atoms. The first-order valence-corrected chi connectivity index (χ1v) is 6.01. The van der Waals surface area contributed by atoms with E-state index in [4.69, 9.17) is 5.26 Å². The van der Waals surface area contributed by atoms with Crippen LogP contribution in [0.15, 0.2) is 12.1 Å². The fourth-order valence-corrected chi connectivity index (χ4v) is 2.20. The molecule has 1 aromatic rings. The molecule has 18 heavy (non-hydrogen) atoms. The Hall–Kier alpha value is -1.67.